The Bertz CT molecular complexity index is 1550. The molecular formula is C24H20Cl2N2O6S. The maximum Gasteiger partial charge on any atom is 0.320 e. The van der Waals surface area contributed by atoms with E-state index in [0.29, 0.717) is 33.3 Å². The number of halogens is 2. The summed E-state index contributed by atoms with van der Waals surface area (Å²) in [5.74, 6) is -1.07. The maximum atomic E-state index is 13.4. The quantitative estimate of drug-likeness (QED) is 0.270. The van der Waals surface area contributed by atoms with E-state index in [2.05, 4.69) is 4.98 Å². The lowest BCUT2D eigenvalue weighted by Gasteiger charge is -2.16. The van der Waals surface area contributed by atoms with E-state index in [1.54, 1.807) is 30.3 Å². The number of nitrogens with one attached hydrogen (secondary N) is 1. The second-order valence-corrected chi connectivity index (χ2v) is 10.5. The van der Waals surface area contributed by atoms with Crippen LogP contribution in [0.5, 0.6) is 11.5 Å². The number of benzene rings is 3. The molecule has 35 heavy (non-hydrogen) atoms. The Balaban J connectivity index is 1.89. The number of nitrogens with two attached hydrogens (primary N) is 1. The Hall–Kier alpha value is -3.24. The molecule has 0 saturated heterocycles. The highest BCUT2D eigenvalue weighted by Crippen LogP contribution is 2.43. The predicted molar refractivity (Wildman–Crippen MR) is 133 cm³/mol. The fourth-order valence-electron chi connectivity index (χ4n) is 3.81. The number of aliphatic carboxylic acids is 1. The summed E-state index contributed by atoms with van der Waals surface area (Å²) in [5.41, 5.74) is 7.44. The number of carboxylic acid groups (broad SMARTS) is 1. The highest BCUT2D eigenvalue weighted by Gasteiger charge is 2.25. The molecule has 0 spiro atoms. The van der Waals surface area contributed by atoms with Gasteiger partial charge in [0.2, 0.25) is 9.84 Å². The van der Waals surface area contributed by atoms with Crippen molar-refractivity contribution in [2.75, 3.05) is 7.11 Å². The number of carboxylic acids is 1. The van der Waals surface area contributed by atoms with E-state index in [4.69, 9.17) is 33.7 Å². The van der Waals surface area contributed by atoms with E-state index in [1.165, 1.54) is 31.5 Å². The highest BCUT2D eigenvalue weighted by molar-refractivity contribution is 7.91. The highest BCUT2D eigenvalue weighted by atomic mass is 35.5. The number of aromatic nitrogens is 1. The first-order chi connectivity index (χ1) is 16.5. The number of hydrogen-bond acceptors (Lipinski definition) is 6. The first kappa shape index (κ1) is 24.9. The fraction of sp³-hybridized carbons (Fsp3) is 0.125. The minimum absolute atomic E-state index is 0.0395. The van der Waals surface area contributed by atoms with Crippen LogP contribution in [0, 0.1) is 0 Å². The number of aromatic hydroxyl groups is 1. The Labute approximate surface area is 210 Å². The van der Waals surface area contributed by atoms with E-state index >= 15 is 0 Å². The molecule has 0 bridgehead atoms. The number of carbonyl (C=O) groups is 1. The van der Waals surface area contributed by atoms with Crippen molar-refractivity contribution in [3.05, 3.63) is 70.3 Å². The van der Waals surface area contributed by atoms with Crippen LogP contribution in [0.15, 0.2) is 64.5 Å². The number of hydrogen-bond donors (Lipinski definition) is 4. The monoisotopic (exact) mass is 534 g/mol. The third-order valence-corrected chi connectivity index (χ3v) is 8.09. The van der Waals surface area contributed by atoms with E-state index < -0.39 is 21.8 Å². The first-order valence-corrected chi connectivity index (χ1v) is 12.5. The van der Waals surface area contributed by atoms with Crippen LogP contribution in [0.1, 0.15) is 5.56 Å². The Kier molecular flexibility index (Phi) is 6.70. The molecule has 0 aliphatic carbocycles. The average molecular weight is 535 g/mol. The normalized spacial score (nSPS) is 12.6. The summed E-state index contributed by atoms with van der Waals surface area (Å²) >= 11 is 12.5. The van der Waals surface area contributed by atoms with Crippen LogP contribution in [0.25, 0.3) is 22.0 Å². The Morgan fingerprint density at radius 3 is 2.46 bits per heavy atom. The summed E-state index contributed by atoms with van der Waals surface area (Å²) in [7, 11) is -2.41. The van der Waals surface area contributed by atoms with Gasteiger partial charge in [0.15, 0.2) is 5.75 Å². The van der Waals surface area contributed by atoms with Gasteiger partial charge >= 0.3 is 5.97 Å². The van der Waals surface area contributed by atoms with Crippen molar-refractivity contribution in [1.82, 2.24) is 4.98 Å². The molecule has 0 unspecified atom stereocenters. The largest absolute Gasteiger partial charge is 0.505 e. The number of phenolic OH excluding ortho intramolecular Hbond substituents is 1. The minimum Gasteiger partial charge on any atom is -0.505 e. The third-order valence-electron chi connectivity index (χ3n) is 5.62. The number of ether oxygens (including phenoxy) is 1. The third kappa shape index (κ3) is 4.55. The molecule has 8 nitrogen and oxygen atoms in total. The lowest BCUT2D eigenvalue weighted by Crippen LogP contribution is -2.32. The van der Waals surface area contributed by atoms with Gasteiger partial charge in [-0.2, -0.15) is 0 Å². The molecular weight excluding hydrogens is 515 g/mol. The molecule has 1 heterocycles. The van der Waals surface area contributed by atoms with Gasteiger partial charge in [0, 0.05) is 22.7 Å². The Morgan fingerprint density at radius 1 is 1.14 bits per heavy atom. The fourth-order valence-corrected chi connectivity index (χ4v) is 5.84. The number of methoxy groups -OCH3 is 1. The van der Waals surface area contributed by atoms with E-state index in [1.807, 2.05) is 0 Å². The average Bonchev–Trinajstić information content (AvgIpc) is 3.27. The topological polar surface area (TPSA) is 143 Å². The van der Waals surface area contributed by atoms with Gasteiger partial charge in [-0.25, -0.2) is 8.42 Å². The van der Waals surface area contributed by atoms with Gasteiger partial charge in [-0.05, 0) is 60.0 Å². The first-order valence-electron chi connectivity index (χ1n) is 10.2. The van der Waals surface area contributed by atoms with Crippen molar-refractivity contribution < 1.29 is 28.2 Å². The summed E-state index contributed by atoms with van der Waals surface area (Å²) in [6, 6.07) is 11.1. The number of rotatable bonds is 7. The van der Waals surface area contributed by atoms with Gasteiger partial charge in [0.1, 0.15) is 11.8 Å². The molecule has 182 valence electrons. The van der Waals surface area contributed by atoms with Crippen molar-refractivity contribution in [2.45, 2.75) is 22.3 Å². The number of sulfone groups is 1. The molecule has 0 aliphatic rings. The molecule has 0 radical (unpaired) electrons. The molecule has 0 fully saturated rings. The number of fused-ring (bicyclic) bond motifs is 1. The summed E-state index contributed by atoms with van der Waals surface area (Å²) in [6.45, 7) is 0. The number of H-pyrrole nitrogens is 1. The lowest BCUT2D eigenvalue weighted by atomic mass is 9.94. The second kappa shape index (κ2) is 9.43. The van der Waals surface area contributed by atoms with Crippen LogP contribution in [0.3, 0.4) is 0 Å². The van der Waals surface area contributed by atoms with Crippen molar-refractivity contribution in [3.8, 4) is 22.6 Å². The van der Waals surface area contributed by atoms with E-state index in [-0.39, 0.29) is 32.0 Å². The molecule has 5 N–H and O–H groups in total. The SMILES string of the molecule is COc1ccc(S(=O)(=O)c2c[nH]c3ccc(-c4c(C[C@H](N)C(=O)O)cc(Cl)c(O)c4Cl)cc23)cc1. The van der Waals surface area contributed by atoms with Crippen molar-refractivity contribution >= 4 is 49.9 Å². The van der Waals surface area contributed by atoms with Crippen molar-refractivity contribution in [3.63, 3.8) is 0 Å². The molecule has 1 atom stereocenters. The second-order valence-electron chi connectivity index (χ2n) is 7.80. The molecule has 4 rings (SSSR count). The zero-order chi connectivity index (χ0) is 25.5. The maximum absolute atomic E-state index is 13.4. The van der Waals surface area contributed by atoms with Crippen LogP contribution < -0.4 is 10.5 Å². The van der Waals surface area contributed by atoms with Crippen LogP contribution in [-0.4, -0.2) is 42.7 Å². The van der Waals surface area contributed by atoms with Crippen molar-refractivity contribution in [1.29, 1.82) is 0 Å². The van der Waals surface area contributed by atoms with Gasteiger partial charge in [-0.15, -0.1) is 0 Å². The van der Waals surface area contributed by atoms with Crippen LogP contribution in [0.4, 0.5) is 0 Å². The van der Waals surface area contributed by atoms with Crippen LogP contribution in [-0.2, 0) is 21.1 Å². The minimum atomic E-state index is -3.90. The molecule has 0 amide bonds. The number of phenols is 1. The smallest absolute Gasteiger partial charge is 0.320 e. The molecule has 0 saturated carbocycles. The molecule has 0 aliphatic heterocycles. The summed E-state index contributed by atoms with van der Waals surface area (Å²) < 4.78 is 31.9. The predicted octanol–water partition coefficient (Wildman–Crippen LogP) is 4.64. The lowest BCUT2D eigenvalue weighted by molar-refractivity contribution is -0.138. The van der Waals surface area contributed by atoms with Gasteiger partial charge in [0.25, 0.3) is 0 Å². The van der Waals surface area contributed by atoms with Gasteiger partial charge < -0.3 is 25.7 Å². The summed E-state index contributed by atoms with van der Waals surface area (Å²) in [5, 5.41) is 19.8. The van der Waals surface area contributed by atoms with E-state index in [9.17, 15) is 23.4 Å². The van der Waals surface area contributed by atoms with Crippen molar-refractivity contribution in [2.24, 2.45) is 5.73 Å². The van der Waals surface area contributed by atoms with Gasteiger partial charge in [-0.1, -0.05) is 29.3 Å². The molecule has 11 heteroatoms. The Morgan fingerprint density at radius 2 is 1.83 bits per heavy atom. The van der Waals surface area contributed by atoms with Gasteiger partial charge in [0.05, 0.1) is 26.9 Å². The molecule has 1 aromatic heterocycles. The van der Waals surface area contributed by atoms with E-state index in [0.717, 1.165) is 0 Å². The number of aromatic amines is 1. The summed E-state index contributed by atoms with van der Waals surface area (Å²) in [4.78, 5) is 14.4. The molecule has 4 aromatic rings. The molecule has 3 aromatic carbocycles. The van der Waals surface area contributed by atoms with Gasteiger partial charge in [-0.3, -0.25) is 4.79 Å². The standard InChI is InChI=1S/C24H20Cl2N2O6S/c1-34-14-3-5-15(6-4-14)35(32,33)20-11-28-19-7-2-12(8-16(19)20)21-13(10-18(27)24(30)31)9-17(25)23(29)22(21)26/h2-9,11,18,28-29H,10,27H2,1H3,(H,30,31)/t18-/m0/s1. The zero-order valence-corrected chi connectivity index (χ0v) is 20.6. The zero-order valence-electron chi connectivity index (χ0n) is 18.2. The summed E-state index contributed by atoms with van der Waals surface area (Å²) in [6.07, 6.45) is 1.28. The van der Waals surface area contributed by atoms with Crippen LogP contribution in [0.2, 0.25) is 10.0 Å². The van der Waals surface area contributed by atoms with Crippen LogP contribution >= 0.6 is 23.2 Å².